The molecular formula is C10H14N4O. The van der Waals surface area contributed by atoms with E-state index < -0.39 is 0 Å². The minimum absolute atomic E-state index is 0.643. The monoisotopic (exact) mass is 206 g/mol. The summed E-state index contributed by atoms with van der Waals surface area (Å²) in [6.07, 6.45) is 1.70. The Morgan fingerprint density at radius 2 is 2.27 bits per heavy atom. The van der Waals surface area contributed by atoms with E-state index in [1.54, 1.807) is 6.26 Å². The summed E-state index contributed by atoms with van der Waals surface area (Å²) < 4.78 is 5.30. The Labute approximate surface area is 87.9 Å². The lowest BCUT2D eigenvalue weighted by molar-refractivity contribution is 0.477. The van der Waals surface area contributed by atoms with Gasteiger partial charge in [-0.1, -0.05) is 0 Å². The van der Waals surface area contributed by atoms with E-state index in [1.807, 2.05) is 19.9 Å². The summed E-state index contributed by atoms with van der Waals surface area (Å²) in [5.41, 5.74) is 1.16. The highest BCUT2D eigenvalue weighted by molar-refractivity contribution is 5.14. The molecule has 0 saturated heterocycles. The molecule has 2 rings (SSSR count). The summed E-state index contributed by atoms with van der Waals surface area (Å²) >= 11 is 0. The van der Waals surface area contributed by atoms with Crippen molar-refractivity contribution < 1.29 is 4.42 Å². The molecule has 2 aromatic rings. The number of H-pyrrole nitrogens is 1. The molecule has 0 radical (unpaired) electrons. The smallest absolute Gasteiger partial charge is 0.164 e. The highest BCUT2D eigenvalue weighted by Gasteiger charge is 2.02. The molecule has 0 bridgehead atoms. The third-order valence-corrected chi connectivity index (χ3v) is 2.18. The van der Waals surface area contributed by atoms with Gasteiger partial charge in [-0.05, 0) is 25.5 Å². The lowest BCUT2D eigenvalue weighted by Gasteiger charge is -1.99. The number of aromatic amines is 1. The molecule has 0 amide bonds. The van der Waals surface area contributed by atoms with E-state index >= 15 is 0 Å². The maximum Gasteiger partial charge on any atom is 0.164 e. The Balaban J connectivity index is 1.83. The molecule has 2 heterocycles. The Hall–Kier alpha value is -1.62. The van der Waals surface area contributed by atoms with Crippen LogP contribution in [-0.2, 0) is 13.1 Å². The van der Waals surface area contributed by atoms with Gasteiger partial charge in [0.15, 0.2) is 5.82 Å². The van der Waals surface area contributed by atoms with Crippen LogP contribution in [0.15, 0.2) is 16.7 Å². The van der Waals surface area contributed by atoms with Gasteiger partial charge < -0.3 is 9.73 Å². The van der Waals surface area contributed by atoms with Gasteiger partial charge in [-0.2, -0.15) is 5.10 Å². The van der Waals surface area contributed by atoms with Crippen LogP contribution in [0.2, 0.25) is 0 Å². The fourth-order valence-electron chi connectivity index (χ4n) is 1.34. The van der Waals surface area contributed by atoms with Crippen molar-refractivity contribution in [1.82, 2.24) is 20.5 Å². The van der Waals surface area contributed by atoms with Crippen LogP contribution in [0, 0.1) is 13.8 Å². The lowest BCUT2D eigenvalue weighted by Crippen LogP contribution is -2.13. The molecule has 15 heavy (non-hydrogen) atoms. The largest absolute Gasteiger partial charge is 0.468 e. The van der Waals surface area contributed by atoms with Gasteiger partial charge >= 0.3 is 0 Å². The normalized spacial score (nSPS) is 10.8. The number of hydrogen-bond acceptors (Lipinski definition) is 4. The van der Waals surface area contributed by atoms with E-state index in [2.05, 4.69) is 20.5 Å². The van der Waals surface area contributed by atoms with Crippen molar-refractivity contribution in [3.8, 4) is 0 Å². The molecular weight excluding hydrogens is 192 g/mol. The molecule has 0 atom stereocenters. The van der Waals surface area contributed by atoms with Crippen LogP contribution in [0.1, 0.15) is 23.0 Å². The van der Waals surface area contributed by atoms with Gasteiger partial charge in [0.05, 0.1) is 19.4 Å². The standard InChI is InChI=1S/C10H14N4O/c1-7-3-4-15-9(7)5-11-6-10-12-8(2)13-14-10/h3-4,11H,5-6H2,1-2H3,(H,12,13,14). The Morgan fingerprint density at radius 3 is 2.87 bits per heavy atom. The van der Waals surface area contributed by atoms with Gasteiger partial charge in [-0.3, -0.25) is 5.10 Å². The molecule has 0 aliphatic heterocycles. The summed E-state index contributed by atoms with van der Waals surface area (Å²) in [5, 5.41) is 10.0. The Morgan fingerprint density at radius 1 is 1.40 bits per heavy atom. The van der Waals surface area contributed by atoms with Crippen molar-refractivity contribution in [3.63, 3.8) is 0 Å². The first-order valence-corrected chi connectivity index (χ1v) is 4.87. The van der Waals surface area contributed by atoms with Crippen molar-refractivity contribution >= 4 is 0 Å². The number of aryl methyl sites for hydroxylation is 2. The molecule has 5 nitrogen and oxygen atoms in total. The zero-order valence-electron chi connectivity index (χ0n) is 8.87. The average Bonchev–Trinajstić information content (AvgIpc) is 2.77. The Bertz CT molecular complexity index is 432. The fourth-order valence-corrected chi connectivity index (χ4v) is 1.34. The van der Waals surface area contributed by atoms with Gasteiger partial charge in [0, 0.05) is 0 Å². The first kappa shape index (κ1) is 9.92. The molecule has 0 aromatic carbocycles. The molecule has 2 aromatic heterocycles. The molecule has 0 unspecified atom stereocenters. The van der Waals surface area contributed by atoms with E-state index in [1.165, 1.54) is 0 Å². The van der Waals surface area contributed by atoms with Gasteiger partial charge in [0.1, 0.15) is 11.6 Å². The van der Waals surface area contributed by atoms with Crippen LogP contribution < -0.4 is 5.32 Å². The van der Waals surface area contributed by atoms with Crippen molar-refractivity contribution in [2.24, 2.45) is 0 Å². The predicted molar refractivity (Wildman–Crippen MR) is 55.1 cm³/mol. The predicted octanol–water partition coefficient (Wildman–Crippen LogP) is 1.30. The second kappa shape index (κ2) is 4.27. The van der Waals surface area contributed by atoms with Crippen molar-refractivity contribution in [1.29, 1.82) is 0 Å². The van der Waals surface area contributed by atoms with Gasteiger partial charge in [0.25, 0.3) is 0 Å². The van der Waals surface area contributed by atoms with Crippen LogP contribution in [0.3, 0.4) is 0 Å². The molecule has 80 valence electrons. The topological polar surface area (TPSA) is 66.7 Å². The Kier molecular flexibility index (Phi) is 2.82. The second-order valence-electron chi connectivity index (χ2n) is 3.47. The van der Waals surface area contributed by atoms with Crippen LogP contribution in [0.4, 0.5) is 0 Å². The fraction of sp³-hybridized carbons (Fsp3) is 0.400. The summed E-state index contributed by atoms with van der Waals surface area (Å²) in [7, 11) is 0. The van der Waals surface area contributed by atoms with E-state index in [4.69, 9.17) is 4.42 Å². The van der Waals surface area contributed by atoms with Crippen LogP contribution in [0.5, 0.6) is 0 Å². The molecule has 0 saturated carbocycles. The number of aromatic nitrogens is 3. The van der Waals surface area contributed by atoms with E-state index in [0.717, 1.165) is 23.0 Å². The third kappa shape index (κ3) is 2.44. The van der Waals surface area contributed by atoms with Gasteiger partial charge in [0.2, 0.25) is 0 Å². The van der Waals surface area contributed by atoms with E-state index in [9.17, 15) is 0 Å². The van der Waals surface area contributed by atoms with Gasteiger partial charge in [-0.25, -0.2) is 4.98 Å². The molecule has 0 spiro atoms. The maximum absolute atomic E-state index is 5.30. The molecule has 0 aliphatic rings. The minimum Gasteiger partial charge on any atom is -0.468 e. The first-order chi connectivity index (χ1) is 7.25. The van der Waals surface area contributed by atoms with E-state index in [-0.39, 0.29) is 0 Å². The molecule has 5 heteroatoms. The lowest BCUT2D eigenvalue weighted by atomic mass is 10.3. The number of nitrogens with zero attached hydrogens (tertiary/aromatic N) is 2. The third-order valence-electron chi connectivity index (χ3n) is 2.18. The van der Waals surface area contributed by atoms with Crippen molar-refractivity contribution in [2.45, 2.75) is 26.9 Å². The quantitative estimate of drug-likeness (QED) is 0.791. The van der Waals surface area contributed by atoms with E-state index in [0.29, 0.717) is 13.1 Å². The average molecular weight is 206 g/mol. The highest BCUT2D eigenvalue weighted by Crippen LogP contribution is 2.07. The zero-order valence-corrected chi connectivity index (χ0v) is 8.87. The van der Waals surface area contributed by atoms with Crippen molar-refractivity contribution in [3.05, 3.63) is 35.3 Å². The number of rotatable bonds is 4. The summed E-state index contributed by atoms with van der Waals surface area (Å²) in [6, 6.07) is 1.95. The first-order valence-electron chi connectivity index (χ1n) is 4.87. The van der Waals surface area contributed by atoms with Gasteiger partial charge in [-0.15, -0.1) is 0 Å². The molecule has 2 N–H and O–H groups in total. The summed E-state index contributed by atoms with van der Waals surface area (Å²) in [4.78, 5) is 4.19. The number of furan rings is 1. The molecule has 0 fully saturated rings. The minimum atomic E-state index is 0.643. The SMILES string of the molecule is Cc1nc(CNCc2occc2C)n[nH]1. The van der Waals surface area contributed by atoms with Crippen LogP contribution in [-0.4, -0.2) is 15.2 Å². The zero-order chi connectivity index (χ0) is 10.7. The molecule has 0 aliphatic carbocycles. The maximum atomic E-state index is 5.30. The van der Waals surface area contributed by atoms with Crippen LogP contribution >= 0.6 is 0 Å². The van der Waals surface area contributed by atoms with Crippen molar-refractivity contribution in [2.75, 3.05) is 0 Å². The summed E-state index contributed by atoms with van der Waals surface area (Å²) in [6.45, 7) is 5.25. The van der Waals surface area contributed by atoms with Crippen LogP contribution in [0.25, 0.3) is 0 Å². The number of nitrogens with one attached hydrogen (secondary N) is 2. The second-order valence-corrected chi connectivity index (χ2v) is 3.47. The number of hydrogen-bond donors (Lipinski definition) is 2. The highest BCUT2D eigenvalue weighted by atomic mass is 16.3. The summed E-state index contributed by atoms with van der Waals surface area (Å²) in [5.74, 6) is 2.57.